The summed E-state index contributed by atoms with van der Waals surface area (Å²) in [6, 6.07) is 37.8. The van der Waals surface area contributed by atoms with E-state index in [2.05, 4.69) is 47.2 Å². The number of hydrogen-bond acceptors (Lipinski definition) is 6. The SMILES string of the molecule is CCCCCC/C=C/Oc1ccc(-c2c3nc(c(-c4ccc(O)cc4)c4ccc([nH]4)c(-c4ccc(O)cc4)c4nc(c(-c5ccc(O)cc5)c5ccc2[nH]5)C=C4)C=C3)cc1. The average Bonchev–Trinajstić information content (AvgIpc) is 4.11. The first-order chi connectivity index (χ1) is 29.4. The molecule has 0 unspecified atom stereocenters. The van der Waals surface area contributed by atoms with Crippen molar-refractivity contribution in [3.63, 3.8) is 0 Å². The topological polar surface area (TPSA) is 127 Å². The molecule has 7 aromatic rings. The van der Waals surface area contributed by atoms with E-state index in [0.717, 1.165) is 108 Å². The molecule has 5 heterocycles. The van der Waals surface area contributed by atoms with Crippen molar-refractivity contribution in [1.82, 2.24) is 19.9 Å². The number of benzene rings is 4. The fourth-order valence-corrected chi connectivity index (χ4v) is 7.89. The van der Waals surface area contributed by atoms with Crippen LogP contribution in [0, 0.1) is 0 Å². The number of phenolic OH excluding ortho intramolecular Hbond substituents is 3. The van der Waals surface area contributed by atoms with Gasteiger partial charge in [0.25, 0.3) is 0 Å². The fourth-order valence-electron chi connectivity index (χ4n) is 7.89. The number of hydrogen-bond donors (Lipinski definition) is 5. The van der Waals surface area contributed by atoms with Crippen molar-refractivity contribution < 1.29 is 20.1 Å². The summed E-state index contributed by atoms with van der Waals surface area (Å²) in [4.78, 5) is 18.1. The van der Waals surface area contributed by atoms with E-state index >= 15 is 0 Å². The zero-order valence-corrected chi connectivity index (χ0v) is 33.2. The predicted molar refractivity (Wildman–Crippen MR) is 244 cm³/mol. The van der Waals surface area contributed by atoms with Crippen LogP contribution in [0.15, 0.2) is 134 Å². The van der Waals surface area contributed by atoms with E-state index in [0.29, 0.717) is 0 Å². The van der Waals surface area contributed by atoms with Crippen LogP contribution in [0.2, 0.25) is 0 Å². The predicted octanol–water partition coefficient (Wildman–Crippen LogP) is 13.3. The second-order valence-electron chi connectivity index (χ2n) is 15.0. The first-order valence-electron chi connectivity index (χ1n) is 20.4. The maximum Gasteiger partial charge on any atom is 0.126 e. The Morgan fingerprint density at radius 2 is 0.800 bits per heavy atom. The van der Waals surface area contributed by atoms with Crippen LogP contribution in [-0.4, -0.2) is 35.3 Å². The minimum Gasteiger partial charge on any atom is -0.508 e. The zero-order valence-electron chi connectivity index (χ0n) is 33.2. The number of nitrogens with one attached hydrogen (secondary N) is 2. The summed E-state index contributed by atoms with van der Waals surface area (Å²) in [5.41, 5.74) is 13.4. The number of aromatic amines is 2. The number of fused-ring (bicyclic) bond motifs is 8. The molecule has 3 aromatic heterocycles. The third kappa shape index (κ3) is 7.83. The largest absolute Gasteiger partial charge is 0.508 e. The van der Waals surface area contributed by atoms with Gasteiger partial charge in [-0.25, -0.2) is 9.97 Å². The van der Waals surface area contributed by atoms with Crippen LogP contribution in [0.25, 0.3) is 90.9 Å². The Labute approximate surface area is 348 Å². The molecule has 0 spiro atoms. The van der Waals surface area contributed by atoms with E-state index in [4.69, 9.17) is 14.7 Å². The number of unbranched alkanes of at least 4 members (excludes halogenated alkanes) is 4. The highest BCUT2D eigenvalue weighted by Crippen LogP contribution is 2.39. The number of nitrogens with zero attached hydrogens (tertiary/aromatic N) is 2. The molecular formula is C52H44N4O4. The molecule has 0 amide bonds. The number of aromatic nitrogens is 4. The van der Waals surface area contributed by atoms with Gasteiger partial charge in [-0.3, -0.25) is 0 Å². The summed E-state index contributed by atoms with van der Waals surface area (Å²) in [7, 11) is 0. The molecule has 4 aromatic carbocycles. The van der Waals surface area contributed by atoms with Gasteiger partial charge in [0.15, 0.2) is 0 Å². The summed E-state index contributed by atoms with van der Waals surface area (Å²) in [5.74, 6) is 1.26. The highest BCUT2D eigenvalue weighted by atomic mass is 16.5. The van der Waals surface area contributed by atoms with Gasteiger partial charge in [-0.1, -0.05) is 74.7 Å². The molecule has 0 saturated carbocycles. The molecule has 8 heteroatoms. The quantitative estimate of drug-likeness (QED) is 0.0656. The van der Waals surface area contributed by atoms with Crippen LogP contribution >= 0.6 is 0 Å². The Hall–Kier alpha value is -7.58. The third-order valence-corrected chi connectivity index (χ3v) is 10.9. The lowest BCUT2D eigenvalue weighted by Crippen LogP contribution is -1.90. The molecule has 60 heavy (non-hydrogen) atoms. The minimum absolute atomic E-state index is 0.170. The van der Waals surface area contributed by atoms with Crippen molar-refractivity contribution in [2.45, 2.75) is 39.0 Å². The molecule has 0 radical (unpaired) electrons. The zero-order chi connectivity index (χ0) is 41.0. The van der Waals surface area contributed by atoms with Crippen molar-refractivity contribution in [2.75, 3.05) is 0 Å². The highest BCUT2D eigenvalue weighted by Gasteiger charge is 2.19. The van der Waals surface area contributed by atoms with Crippen molar-refractivity contribution in [2.24, 2.45) is 0 Å². The first-order valence-corrected chi connectivity index (χ1v) is 20.4. The van der Waals surface area contributed by atoms with Crippen LogP contribution in [0.1, 0.15) is 61.8 Å². The molecular weight excluding hydrogens is 745 g/mol. The number of aromatic hydroxyl groups is 3. The highest BCUT2D eigenvalue weighted by molar-refractivity contribution is 5.99. The molecule has 0 atom stereocenters. The van der Waals surface area contributed by atoms with E-state index in [1.54, 1.807) is 42.7 Å². The lowest BCUT2D eigenvalue weighted by atomic mass is 10.0. The summed E-state index contributed by atoms with van der Waals surface area (Å²) in [6.07, 6.45) is 17.8. The van der Waals surface area contributed by atoms with E-state index in [-0.39, 0.29) is 17.2 Å². The molecule has 296 valence electrons. The van der Waals surface area contributed by atoms with Gasteiger partial charge in [0.05, 0.1) is 29.0 Å². The molecule has 0 saturated heterocycles. The second kappa shape index (κ2) is 16.7. The van der Waals surface area contributed by atoms with Gasteiger partial charge in [-0.05, 0) is 138 Å². The molecule has 8 nitrogen and oxygen atoms in total. The number of allylic oxidation sites excluding steroid dienone is 1. The van der Waals surface area contributed by atoms with Crippen molar-refractivity contribution in [1.29, 1.82) is 0 Å². The maximum atomic E-state index is 10.3. The lowest BCUT2D eigenvalue weighted by Gasteiger charge is -2.08. The van der Waals surface area contributed by atoms with E-state index in [1.165, 1.54) is 19.3 Å². The molecule has 5 N–H and O–H groups in total. The van der Waals surface area contributed by atoms with Gasteiger partial charge in [-0.2, -0.15) is 0 Å². The standard InChI is InChI=1S/C52H44N4O4/c1-2-3-4-5-6-7-32-60-40-22-14-36(15-23-40)52-47-30-28-45(55-47)50(34-10-18-38(58)19-11-34)43-26-24-41(53-43)49(33-8-16-37(57)17-9-33)42-25-27-44(54-42)51(46-29-31-48(52)56-46)35-12-20-39(59)21-13-35/h7-32,53,56-59H,2-6H2,1H3/b32-7+,49-41?,49-42?,50-43?,50-45?,51-44?,51-46?,52-47?,52-48?. The number of rotatable bonds is 11. The Kier molecular flexibility index (Phi) is 10.6. The normalized spacial score (nSPS) is 12.1. The van der Waals surface area contributed by atoms with Gasteiger partial charge in [0.1, 0.15) is 23.0 Å². The average molecular weight is 789 g/mol. The van der Waals surface area contributed by atoms with Crippen LogP contribution in [-0.2, 0) is 0 Å². The number of phenols is 3. The summed E-state index contributed by atoms with van der Waals surface area (Å²) < 4.78 is 6.00. The van der Waals surface area contributed by atoms with Crippen molar-refractivity contribution in [3.8, 4) is 67.5 Å². The van der Waals surface area contributed by atoms with Gasteiger partial charge >= 0.3 is 0 Å². The van der Waals surface area contributed by atoms with E-state index in [9.17, 15) is 15.3 Å². The molecule has 0 aliphatic carbocycles. The monoisotopic (exact) mass is 788 g/mol. The Bertz CT molecular complexity index is 2890. The molecule has 0 fully saturated rings. The Morgan fingerprint density at radius 1 is 0.450 bits per heavy atom. The smallest absolute Gasteiger partial charge is 0.126 e. The van der Waals surface area contributed by atoms with Crippen molar-refractivity contribution >= 4 is 46.4 Å². The van der Waals surface area contributed by atoms with Crippen LogP contribution in [0.5, 0.6) is 23.0 Å². The summed E-state index contributed by atoms with van der Waals surface area (Å²) >= 11 is 0. The number of ether oxygens (including phenoxy) is 1. The van der Waals surface area contributed by atoms with E-state index < -0.39 is 0 Å². The first kappa shape index (κ1) is 38.0. The summed E-state index contributed by atoms with van der Waals surface area (Å²) in [5, 5.41) is 30.8. The maximum absolute atomic E-state index is 10.3. The second-order valence-corrected chi connectivity index (χ2v) is 15.0. The Balaban J connectivity index is 1.31. The van der Waals surface area contributed by atoms with Crippen molar-refractivity contribution in [3.05, 3.63) is 156 Å². The molecule has 2 aliphatic heterocycles. The molecule has 2 aliphatic rings. The minimum atomic E-state index is 0.170. The number of H-pyrrole nitrogens is 2. The van der Waals surface area contributed by atoms with E-state index in [1.807, 2.05) is 85.0 Å². The van der Waals surface area contributed by atoms with Gasteiger partial charge < -0.3 is 30.0 Å². The van der Waals surface area contributed by atoms with Gasteiger partial charge in [0.2, 0.25) is 0 Å². The fraction of sp³-hybridized carbons (Fsp3) is 0.115. The van der Waals surface area contributed by atoms with Gasteiger partial charge in [-0.15, -0.1) is 0 Å². The van der Waals surface area contributed by atoms with Crippen LogP contribution in [0.4, 0.5) is 0 Å². The molecule has 9 rings (SSSR count). The van der Waals surface area contributed by atoms with Gasteiger partial charge in [0, 0.05) is 44.3 Å². The summed E-state index contributed by atoms with van der Waals surface area (Å²) in [6.45, 7) is 2.22. The molecule has 8 bridgehead atoms. The van der Waals surface area contributed by atoms with Crippen LogP contribution in [0.3, 0.4) is 0 Å². The van der Waals surface area contributed by atoms with Crippen LogP contribution < -0.4 is 4.74 Å². The third-order valence-electron chi connectivity index (χ3n) is 10.9. The lowest BCUT2D eigenvalue weighted by molar-refractivity contribution is 0.475. The Morgan fingerprint density at radius 3 is 1.15 bits per heavy atom.